The second-order valence-electron chi connectivity index (χ2n) is 3.74. The summed E-state index contributed by atoms with van der Waals surface area (Å²) in [5.74, 6) is 0.186. The summed E-state index contributed by atoms with van der Waals surface area (Å²) < 4.78 is 5.27. The maximum absolute atomic E-state index is 11.6. The van der Waals surface area contributed by atoms with Crippen molar-refractivity contribution >= 4 is 5.91 Å². The number of rotatable bonds is 3. The van der Waals surface area contributed by atoms with Crippen molar-refractivity contribution in [1.82, 2.24) is 4.90 Å². The third-order valence-corrected chi connectivity index (χ3v) is 2.74. The molecular weight excluding hydrogens is 190 g/mol. The quantitative estimate of drug-likeness (QED) is 0.752. The zero-order valence-electron chi connectivity index (χ0n) is 8.85. The minimum absolute atomic E-state index is 0.0438. The number of benzene rings is 1. The number of likely N-dealkylation sites (tertiary alicyclic amines) is 1. The van der Waals surface area contributed by atoms with E-state index in [4.69, 9.17) is 4.74 Å². The van der Waals surface area contributed by atoms with Crippen LogP contribution in [0.4, 0.5) is 0 Å². The highest BCUT2D eigenvalue weighted by Crippen LogP contribution is 2.21. The van der Waals surface area contributed by atoms with E-state index in [-0.39, 0.29) is 12.1 Å². The molecule has 0 bridgehead atoms. The molecular formula is C12H15NO2. The van der Waals surface area contributed by atoms with Gasteiger partial charge in [-0.3, -0.25) is 4.79 Å². The summed E-state index contributed by atoms with van der Waals surface area (Å²) in [5.41, 5.74) is 1.15. The first kappa shape index (κ1) is 10.2. The second-order valence-corrected chi connectivity index (χ2v) is 3.74. The second kappa shape index (κ2) is 4.45. The van der Waals surface area contributed by atoms with E-state index in [1.807, 2.05) is 30.3 Å². The molecule has 1 aromatic carbocycles. The van der Waals surface area contributed by atoms with E-state index in [0.29, 0.717) is 13.0 Å². The van der Waals surface area contributed by atoms with E-state index < -0.39 is 0 Å². The van der Waals surface area contributed by atoms with Crippen molar-refractivity contribution in [2.75, 3.05) is 7.11 Å². The lowest BCUT2D eigenvalue weighted by molar-refractivity contribution is -0.135. The van der Waals surface area contributed by atoms with Gasteiger partial charge in [0.15, 0.2) is 0 Å². The van der Waals surface area contributed by atoms with Crippen molar-refractivity contribution in [3.8, 4) is 0 Å². The number of carbonyl (C=O) groups excluding carboxylic acids is 1. The van der Waals surface area contributed by atoms with E-state index in [2.05, 4.69) is 0 Å². The Morgan fingerprint density at radius 2 is 2.13 bits per heavy atom. The van der Waals surface area contributed by atoms with Gasteiger partial charge in [-0.2, -0.15) is 0 Å². The summed E-state index contributed by atoms with van der Waals surface area (Å²) >= 11 is 0. The first-order valence-electron chi connectivity index (χ1n) is 5.17. The average Bonchev–Trinajstić information content (AvgIpc) is 2.62. The van der Waals surface area contributed by atoms with Crippen molar-refractivity contribution in [3.63, 3.8) is 0 Å². The molecule has 1 aliphatic heterocycles. The molecule has 15 heavy (non-hydrogen) atoms. The van der Waals surface area contributed by atoms with Crippen LogP contribution in [0.1, 0.15) is 18.4 Å². The van der Waals surface area contributed by atoms with Crippen LogP contribution < -0.4 is 0 Å². The fourth-order valence-electron chi connectivity index (χ4n) is 1.92. The van der Waals surface area contributed by atoms with E-state index in [1.165, 1.54) is 0 Å². The number of ether oxygens (including phenoxy) is 1. The Morgan fingerprint density at radius 1 is 1.40 bits per heavy atom. The lowest BCUT2D eigenvalue weighted by atomic mass is 10.2. The standard InChI is InChI=1S/C12H15NO2/c1-15-12-8-7-11(14)13(12)9-10-5-3-2-4-6-10/h2-6,12H,7-9H2,1H3/t12-/m1/s1. The highest BCUT2D eigenvalue weighted by molar-refractivity contribution is 5.78. The number of nitrogens with zero attached hydrogens (tertiary/aromatic N) is 1. The van der Waals surface area contributed by atoms with Crippen molar-refractivity contribution in [1.29, 1.82) is 0 Å². The van der Waals surface area contributed by atoms with Crippen LogP contribution in [0.25, 0.3) is 0 Å². The van der Waals surface area contributed by atoms with Crippen LogP contribution in [0.2, 0.25) is 0 Å². The maximum Gasteiger partial charge on any atom is 0.225 e. The van der Waals surface area contributed by atoms with Gasteiger partial charge < -0.3 is 9.64 Å². The predicted molar refractivity (Wildman–Crippen MR) is 57.0 cm³/mol. The molecule has 0 aromatic heterocycles. The van der Waals surface area contributed by atoms with Crippen LogP contribution in [0.5, 0.6) is 0 Å². The molecule has 0 spiro atoms. The molecule has 3 heteroatoms. The molecule has 1 amide bonds. The molecule has 3 nitrogen and oxygen atoms in total. The minimum Gasteiger partial charge on any atom is -0.362 e. The van der Waals surface area contributed by atoms with Gasteiger partial charge in [0, 0.05) is 26.5 Å². The summed E-state index contributed by atoms with van der Waals surface area (Å²) in [6.07, 6.45) is 1.37. The molecule has 1 atom stereocenters. The Labute approximate surface area is 89.7 Å². The molecule has 1 aliphatic rings. The van der Waals surface area contributed by atoms with Crippen LogP contribution in [0.15, 0.2) is 30.3 Å². The molecule has 80 valence electrons. The molecule has 0 radical (unpaired) electrons. The minimum atomic E-state index is -0.0438. The molecule has 0 unspecified atom stereocenters. The fraction of sp³-hybridized carbons (Fsp3) is 0.417. The Hall–Kier alpha value is -1.35. The fourth-order valence-corrected chi connectivity index (χ4v) is 1.92. The predicted octanol–water partition coefficient (Wildman–Crippen LogP) is 1.78. The van der Waals surface area contributed by atoms with Crippen LogP contribution in [-0.2, 0) is 16.1 Å². The Bertz CT molecular complexity index is 337. The van der Waals surface area contributed by atoms with Gasteiger partial charge in [0.2, 0.25) is 5.91 Å². The van der Waals surface area contributed by atoms with Crippen molar-refractivity contribution in [2.45, 2.75) is 25.6 Å². The van der Waals surface area contributed by atoms with Gasteiger partial charge in [-0.25, -0.2) is 0 Å². The molecule has 2 rings (SSSR count). The van der Waals surface area contributed by atoms with Crippen molar-refractivity contribution in [3.05, 3.63) is 35.9 Å². The highest BCUT2D eigenvalue weighted by Gasteiger charge is 2.30. The van der Waals surface area contributed by atoms with Gasteiger partial charge >= 0.3 is 0 Å². The van der Waals surface area contributed by atoms with Crippen molar-refractivity contribution in [2.24, 2.45) is 0 Å². The molecule has 0 N–H and O–H groups in total. The normalized spacial score (nSPS) is 21.0. The smallest absolute Gasteiger partial charge is 0.225 e. The summed E-state index contributed by atoms with van der Waals surface area (Å²) in [6, 6.07) is 10.00. The highest BCUT2D eigenvalue weighted by atomic mass is 16.5. The van der Waals surface area contributed by atoms with Crippen LogP contribution in [0, 0.1) is 0 Å². The zero-order valence-corrected chi connectivity index (χ0v) is 8.85. The van der Waals surface area contributed by atoms with E-state index >= 15 is 0 Å². The van der Waals surface area contributed by atoms with Gasteiger partial charge in [-0.1, -0.05) is 30.3 Å². The number of carbonyl (C=O) groups is 1. The monoisotopic (exact) mass is 205 g/mol. The van der Waals surface area contributed by atoms with Gasteiger partial charge in [0.05, 0.1) is 0 Å². The molecule has 0 aliphatic carbocycles. The zero-order chi connectivity index (χ0) is 10.7. The Kier molecular flexibility index (Phi) is 3.02. The van der Waals surface area contributed by atoms with Gasteiger partial charge in [0.1, 0.15) is 6.23 Å². The molecule has 0 saturated carbocycles. The van der Waals surface area contributed by atoms with E-state index in [0.717, 1.165) is 12.0 Å². The molecule has 1 saturated heterocycles. The lowest BCUT2D eigenvalue weighted by Crippen LogP contribution is -2.33. The van der Waals surface area contributed by atoms with Crippen LogP contribution >= 0.6 is 0 Å². The van der Waals surface area contributed by atoms with Crippen LogP contribution in [0.3, 0.4) is 0 Å². The molecule has 1 heterocycles. The summed E-state index contributed by atoms with van der Waals surface area (Å²) in [7, 11) is 1.65. The first-order chi connectivity index (χ1) is 7.31. The van der Waals surface area contributed by atoms with Crippen LogP contribution in [-0.4, -0.2) is 24.1 Å². The average molecular weight is 205 g/mol. The first-order valence-corrected chi connectivity index (χ1v) is 5.17. The largest absolute Gasteiger partial charge is 0.362 e. The molecule has 1 aromatic rings. The summed E-state index contributed by atoms with van der Waals surface area (Å²) in [4.78, 5) is 13.4. The lowest BCUT2D eigenvalue weighted by Gasteiger charge is -2.23. The molecule has 1 fully saturated rings. The summed E-state index contributed by atoms with van der Waals surface area (Å²) in [6.45, 7) is 0.651. The Morgan fingerprint density at radius 3 is 2.80 bits per heavy atom. The van der Waals surface area contributed by atoms with E-state index in [1.54, 1.807) is 12.0 Å². The van der Waals surface area contributed by atoms with E-state index in [9.17, 15) is 4.79 Å². The van der Waals surface area contributed by atoms with Gasteiger partial charge in [-0.05, 0) is 5.56 Å². The van der Waals surface area contributed by atoms with Crippen molar-refractivity contribution < 1.29 is 9.53 Å². The summed E-state index contributed by atoms with van der Waals surface area (Å²) in [5, 5.41) is 0. The third kappa shape index (κ3) is 2.18. The SMILES string of the molecule is CO[C@@H]1CCC(=O)N1Cc1ccccc1. The number of hydrogen-bond acceptors (Lipinski definition) is 2. The topological polar surface area (TPSA) is 29.5 Å². The third-order valence-electron chi connectivity index (χ3n) is 2.74. The Balaban J connectivity index is 2.07. The van der Waals surface area contributed by atoms with Gasteiger partial charge in [-0.15, -0.1) is 0 Å². The maximum atomic E-state index is 11.6. The van der Waals surface area contributed by atoms with Gasteiger partial charge in [0.25, 0.3) is 0 Å². The number of hydrogen-bond donors (Lipinski definition) is 0. The number of methoxy groups -OCH3 is 1. The number of amides is 1.